The van der Waals surface area contributed by atoms with Gasteiger partial charge in [-0.15, -0.1) is 0 Å². The van der Waals surface area contributed by atoms with Crippen molar-refractivity contribution in [3.05, 3.63) is 84.2 Å². The Balaban J connectivity index is 1.93. The number of benzene rings is 3. The van der Waals surface area contributed by atoms with E-state index < -0.39 is 0 Å². The van der Waals surface area contributed by atoms with Crippen molar-refractivity contribution in [1.29, 1.82) is 0 Å². The Labute approximate surface area is 178 Å². The molecule has 0 spiro atoms. The second-order valence-electron chi connectivity index (χ2n) is 7.50. The van der Waals surface area contributed by atoms with E-state index in [1.54, 1.807) is 0 Å². The van der Waals surface area contributed by atoms with Crippen molar-refractivity contribution in [3.63, 3.8) is 0 Å². The topological polar surface area (TPSA) is 77.8 Å². The van der Waals surface area contributed by atoms with Crippen molar-refractivity contribution in [2.45, 2.75) is 20.8 Å². The maximum atomic E-state index is 5.33. The number of hydrogen-bond acceptors (Lipinski definition) is 6. The van der Waals surface area contributed by atoms with Crippen molar-refractivity contribution in [1.82, 2.24) is 20.3 Å². The molecule has 6 nitrogen and oxygen atoms in total. The minimum atomic E-state index is 0.559. The molecule has 0 aliphatic heterocycles. The predicted octanol–water partition coefficient (Wildman–Crippen LogP) is 6.14. The molecule has 0 aliphatic carbocycles. The summed E-state index contributed by atoms with van der Waals surface area (Å²) in [6.07, 6.45) is 2.73. The van der Waals surface area contributed by atoms with Crippen molar-refractivity contribution in [2.75, 3.05) is 0 Å². The highest BCUT2D eigenvalue weighted by molar-refractivity contribution is 6.07. The largest absolute Gasteiger partial charge is 0.344 e. The zero-order valence-corrected chi connectivity index (χ0v) is 17.5. The van der Waals surface area contributed by atoms with Gasteiger partial charge >= 0.3 is 0 Å². The zero-order valence-electron chi connectivity index (χ0n) is 17.5. The normalized spacial score (nSPS) is 11.1. The van der Waals surface area contributed by atoms with Gasteiger partial charge < -0.3 is 9.05 Å². The third-order valence-electron chi connectivity index (χ3n) is 5.52. The zero-order chi connectivity index (χ0) is 21.4. The molecule has 0 N–H and O–H groups in total. The third kappa shape index (κ3) is 3.32. The summed E-state index contributed by atoms with van der Waals surface area (Å²) < 4.78 is 10.3. The molecule has 31 heavy (non-hydrogen) atoms. The van der Waals surface area contributed by atoms with Crippen LogP contribution in [0.4, 0.5) is 0 Å². The van der Waals surface area contributed by atoms with Crippen LogP contribution >= 0.6 is 0 Å². The molecule has 0 aliphatic rings. The van der Waals surface area contributed by atoms with Crippen molar-refractivity contribution in [3.8, 4) is 22.5 Å². The number of fused-ring (bicyclic) bond motifs is 3. The van der Waals surface area contributed by atoms with Crippen LogP contribution in [0.15, 0.2) is 76.4 Å². The van der Waals surface area contributed by atoms with E-state index in [0.29, 0.717) is 5.82 Å². The van der Waals surface area contributed by atoms with Gasteiger partial charge in [0.05, 0.1) is 11.2 Å². The van der Waals surface area contributed by atoms with E-state index in [9.17, 15) is 0 Å². The number of aryl methyl sites for hydroxylation is 3. The average Bonchev–Trinajstić information content (AvgIpc) is 3.32. The number of aromatic nitrogens is 4. The number of rotatable bonds is 2. The first-order valence-corrected chi connectivity index (χ1v) is 9.97. The first-order chi connectivity index (χ1) is 15.1. The standard InChI is InChI=1S/C25H20N4O2/c1-15-7-6-10-19-22-12-21(18-8-4-5-9-20(18)25-27-14-31-29-25)16(2)11-23(22)26-13-30-28-17(3)24(15)19/h4-14H,1-3H3. The second kappa shape index (κ2) is 7.65. The molecule has 5 rings (SSSR count). The van der Waals surface area contributed by atoms with Crippen molar-refractivity contribution < 1.29 is 9.05 Å². The van der Waals surface area contributed by atoms with E-state index in [1.165, 1.54) is 12.8 Å². The van der Waals surface area contributed by atoms with Gasteiger partial charge in [0.25, 0.3) is 0 Å². The van der Waals surface area contributed by atoms with Crippen LogP contribution in [0.3, 0.4) is 0 Å². The molecular formula is C25H20N4O2. The Morgan fingerprint density at radius 3 is 2.23 bits per heavy atom. The van der Waals surface area contributed by atoms with E-state index >= 15 is 0 Å². The monoisotopic (exact) mass is 408 g/mol. The van der Waals surface area contributed by atoms with E-state index in [4.69, 9.17) is 9.05 Å². The lowest BCUT2D eigenvalue weighted by Crippen LogP contribution is -1.91. The molecule has 3 aromatic carbocycles. The fourth-order valence-electron chi connectivity index (χ4n) is 4.11. The lowest BCUT2D eigenvalue weighted by molar-refractivity contribution is 0.387. The predicted molar refractivity (Wildman–Crippen MR) is 120 cm³/mol. The molecule has 0 amide bonds. The molecule has 6 heteroatoms. The molecule has 0 saturated carbocycles. The summed E-state index contributed by atoms with van der Waals surface area (Å²) in [6, 6.07) is 18.6. The number of hydrogen-bond donors (Lipinski definition) is 0. The van der Waals surface area contributed by atoms with Crippen LogP contribution in [0.25, 0.3) is 44.2 Å². The van der Waals surface area contributed by atoms with Gasteiger partial charge in [-0.25, -0.2) is 4.98 Å². The Morgan fingerprint density at radius 2 is 1.42 bits per heavy atom. The average molecular weight is 408 g/mol. The molecule has 0 saturated heterocycles. The highest BCUT2D eigenvalue weighted by Crippen LogP contribution is 2.36. The number of nitrogens with zero attached hydrogens (tertiary/aromatic N) is 4. The SMILES string of the molecule is Cc1cc2nconc(C)c3c(C)cccc3c2cc1-c1ccccc1-c1ncon1. The van der Waals surface area contributed by atoms with Crippen LogP contribution in [0, 0.1) is 20.8 Å². The molecule has 0 bridgehead atoms. The molecule has 152 valence electrons. The summed E-state index contributed by atoms with van der Waals surface area (Å²) in [6.45, 7) is 6.10. The Kier molecular flexibility index (Phi) is 4.67. The van der Waals surface area contributed by atoms with Crippen LogP contribution < -0.4 is 0 Å². The molecule has 0 fully saturated rings. The van der Waals surface area contributed by atoms with Gasteiger partial charge in [-0.3, -0.25) is 0 Å². The van der Waals surface area contributed by atoms with Crippen molar-refractivity contribution in [2.24, 2.45) is 0 Å². The van der Waals surface area contributed by atoms with Crippen LogP contribution in [0.2, 0.25) is 0 Å². The Bertz CT molecular complexity index is 1470. The molecule has 2 heterocycles. The third-order valence-corrected chi connectivity index (χ3v) is 5.52. The van der Waals surface area contributed by atoms with E-state index in [-0.39, 0.29) is 0 Å². The molecule has 0 atom stereocenters. The van der Waals surface area contributed by atoms with Gasteiger partial charge in [0.15, 0.2) is 0 Å². The van der Waals surface area contributed by atoms with Gasteiger partial charge in [0.2, 0.25) is 18.6 Å². The summed E-state index contributed by atoms with van der Waals surface area (Å²) in [5.74, 6) is 0.559. The minimum Gasteiger partial charge on any atom is -0.344 e. The minimum absolute atomic E-state index is 0.559. The summed E-state index contributed by atoms with van der Waals surface area (Å²) in [5.41, 5.74) is 6.87. The van der Waals surface area contributed by atoms with Crippen LogP contribution in [0.5, 0.6) is 0 Å². The van der Waals surface area contributed by atoms with Crippen molar-refractivity contribution >= 4 is 21.7 Å². The van der Waals surface area contributed by atoms with E-state index in [0.717, 1.165) is 55.2 Å². The fraction of sp³-hybridized carbons (Fsp3) is 0.120. The second-order valence-corrected chi connectivity index (χ2v) is 7.50. The van der Waals surface area contributed by atoms with Gasteiger partial charge in [-0.2, -0.15) is 4.98 Å². The molecule has 0 radical (unpaired) electrons. The quantitative estimate of drug-likeness (QED) is 0.349. The first-order valence-electron chi connectivity index (χ1n) is 9.97. The highest BCUT2D eigenvalue weighted by atomic mass is 16.5. The van der Waals surface area contributed by atoms with Crippen LogP contribution in [0.1, 0.15) is 16.8 Å². The summed E-state index contributed by atoms with van der Waals surface area (Å²) in [7, 11) is 0. The smallest absolute Gasteiger partial charge is 0.214 e. The molecule has 2 aromatic heterocycles. The van der Waals surface area contributed by atoms with Crippen LogP contribution in [-0.2, 0) is 0 Å². The van der Waals surface area contributed by atoms with E-state index in [2.05, 4.69) is 70.5 Å². The lowest BCUT2D eigenvalue weighted by Gasteiger charge is -2.12. The summed E-state index contributed by atoms with van der Waals surface area (Å²) in [5, 5.41) is 11.4. The Morgan fingerprint density at radius 1 is 0.645 bits per heavy atom. The molecular weight excluding hydrogens is 388 g/mol. The maximum Gasteiger partial charge on any atom is 0.214 e. The van der Waals surface area contributed by atoms with Crippen LogP contribution in [-0.4, -0.2) is 20.3 Å². The lowest BCUT2D eigenvalue weighted by atomic mass is 9.92. The summed E-state index contributed by atoms with van der Waals surface area (Å²) >= 11 is 0. The summed E-state index contributed by atoms with van der Waals surface area (Å²) in [4.78, 5) is 8.80. The van der Waals surface area contributed by atoms with Gasteiger partial charge in [-0.1, -0.05) is 52.8 Å². The fourth-order valence-corrected chi connectivity index (χ4v) is 4.11. The maximum absolute atomic E-state index is 5.33. The van der Waals surface area contributed by atoms with Gasteiger partial charge in [-0.05, 0) is 60.5 Å². The van der Waals surface area contributed by atoms with Gasteiger partial charge in [0, 0.05) is 16.3 Å². The molecule has 5 aromatic rings. The van der Waals surface area contributed by atoms with E-state index in [1.807, 2.05) is 25.1 Å². The van der Waals surface area contributed by atoms with Gasteiger partial charge in [0.1, 0.15) is 0 Å². The highest BCUT2D eigenvalue weighted by Gasteiger charge is 2.14. The first kappa shape index (κ1) is 18.9. The Hall–Kier alpha value is -4.06. The molecule has 0 unspecified atom stereocenters.